The summed E-state index contributed by atoms with van der Waals surface area (Å²) in [6.45, 7) is 3.84. The predicted molar refractivity (Wildman–Crippen MR) is 360 cm³/mol. The van der Waals surface area contributed by atoms with Crippen molar-refractivity contribution in [2.24, 2.45) is 0 Å². The zero-order valence-electron chi connectivity index (χ0n) is 56.2. The summed E-state index contributed by atoms with van der Waals surface area (Å²) >= 11 is 0. The Morgan fingerprint density at radius 3 is 0.929 bits per heavy atom. The van der Waals surface area contributed by atoms with E-state index in [2.05, 4.69) is 19.2 Å². The van der Waals surface area contributed by atoms with Crippen molar-refractivity contribution in [1.29, 1.82) is 0 Å². The molecule has 500 valence electrons. The third kappa shape index (κ3) is 52.8. The Bertz CT molecular complexity index is 1330. The second kappa shape index (κ2) is 64.9. The van der Waals surface area contributed by atoms with Crippen LogP contribution in [0.3, 0.4) is 0 Å². The van der Waals surface area contributed by atoms with Crippen LogP contribution in [0.5, 0.6) is 0 Å². The molecular formula is C75H147NO8. The number of aliphatic hydroxyl groups is 5. The van der Waals surface area contributed by atoms with Gasteiger partial charge in [0.25, 0.3) is 0 Å². The Labute approximate surface area is 522 Å². The lowest BCUT2D eigenvalue weighted by molar-refractivity contribution is -0.302. The van der Waals surface area contributed by atoms with Crippen LogP contribution in [0.15, 0.2) is 12.2 Å². The highest BCUT2D eigenvalue weighted by Crippen LogP contribution is 2.24. The topological polar surface area (TPSA) is 149 Å². The molecule has 1 saturated heterocycles. The number of ether oxygens (including phenoxy) is 2. The molecule has 6 N–H and O–H groups in total. The summed E-state index contributed by atoms with van der Waals surface area (Å²) < 4.78 is 11.3. The molecule has 0 bridgehead atoms. The molecule has 0 spiro atoms. The molecule has 1 amide bonds. The van der Waals surface area contributed by atoms with Gasteiger partial charge in [-0.2, -0.15) is 0 Å². The molecule has 1 aliphatic heterocycles. The van der Waals surface area contributed by atoms with Crippen LogP contribution in [0.1, 0.15) is 406 Å². The Kier molecular flexibility index (Phi) is 62.5. The van der Waals surface area contributed by atoms with Crippen LogP contribution in [-0.2, 0) is 14.3 Å². The molecule has 1 rings (SSSR count). The quantitative estimate of drug-likeness (QED) is 0.0261. The van der Waals surface area contributed by atoms with E-state index >= 15 is 0 Å². The van der Waals surface area contributed by atoms with Gasteiger partial charge in [0.15, 0.2) is 6.29 Å². The van der Waals surface area contributed by atoms with Crippen LogP contribution in [0.2, 0.25) is 0 Å². The maximum Gasteiger partial charge on any atom is 0.220 e. The number of hydrogen-bond acceptors (Lipinski definition) is 8. The molecule has 9 nitrogen and oxygen atoms in total. The van der Waals surface area contributed by atoms with E-state index in [0.29, 0.717) is 6.42 Å². The first-order chi connectivity index (χ1) is 41.3. The van der Waals surface area contributed by atoms with Crippen LogP contribution in [-0.4, -0.2) is 87.5 Å². The number of carbonyl (C=O) groups is 1. The van der Waals surface area contributed by atoms with E-state index in [1.54, 1.807) is 6.08 Å². The summed E-state index contributed by atoms with van der Waals surface area (Å²) in [5.41, 5.74) is 0. The van der Waals surface area contributed by atoms with E-state index in [-0.39, 0.29) is 12.5 Å². The zero-order chi connectivity index (χ0) is 60.7. The van der Waals surface area contributed by atoms with Gasteiger partial charge in [0.2, 0.25) is 5.91 Å². The Hall–Kier alpha value is -1.07. The van der Waals surface area contributed by atoms with Gasteiger partial charge in [-0.05, 0) is 19.3 Å². The first kappa shape index (κ1) is 80.9. The van der Waals surface area contributed by atoms with Gasteiger partial charge in [-0.25, -0.2) is 0 Å². The third-order valence-corrected chi connectivity index (χ3v) is 18.6. The number of rotatable bonds is 68. The highest BCUT2D eigenvalue weighted by atomic mass is 16.7. The van der Waals surface area contributed by atoms with E-state index in [1.165, 1.54) is 347 Å². The monoisotopic (exact) mass is 1190 g/mol. The first-order valence-electron chi connectivity index (χ1n) is 37.9. The number of allylic oxidation sites excluding steroid dienone is 1. The average Bonchev–Trinajstić information content (AvgIpc) is 3.68. The minimum Gasteiger partial charge on any atom is -0.394 e. The van der Waals surface area contributed by atoms with Gasteiger partial charge < -0.3 is 40.3 Å². The SMILES string of the molecule is CCCCCCCCCCCCCCCCCCCC/C=C/C(O)C(COC1OC(CO)C(O)C(O)C1O)NC(=O)CCCCCCCCCCCCCCCCCCCCCCCCCCCCCCCCCCCCCCCCCCC. The Morgan fingerprint density at radius 2 is 0.655 bits per heavy atom. The number of nitrogens with one attached hydrogen (secondary N) is 1. The Morgan fingerprint density at radius 1 is 0.393 bits per heavy atom. The van der Waals surface area contributed by atoms with Crippen molar-refractivity contribution < 1.29 is 39.8 Å². The molecule has 0 saturated carbocycles. The molecular weight excluding hydrogens is 1040 g/mol. The van der Waals surface area contributed by atoms with Crippen LogP contribution < -0.4 is 5.32 Å². The molecule has 7 unspecified atom stereocenters. The Balaban J connectivity index is 2.01. The van der Waals surface area contributed by atoms with Crippen LogP contribution in [0, 0.1) is 0 Å². The highest BCUT2D eigenvalue weighted by molar-refractivity contribution is 5.76. The second-order valence-corrected chi connectivity index (χ2v) is 26.8. The summed E-state index contributed by atoms with van der Waals surface area (Å²) in [4.78, 5) is 13.1. The van der Waals surface area contributed by atoms with Crippen molar-refractivity contribution in [2.75, 3.05) is 13.2 Å². The molecule has 7 atom stereocenters. The van der Waals surface area contributed by atoms with Gasteiger partial charge >= 0.3 is 0 Å². The van der Waals surface area contributed by atoms with Crippen LogP contribution >= 0.6 is 0 Å². The summed E-state index contributed by atoms with van der Waals surface area (Å²) in [5, 5.41) is 54.8. The molecule has 0 aromatic carbocycles. The van der Waals surface area contributed by atoms with Crippen molar-refractivity contribution in [3.63, 3.8) is 0 Å². The van der Waals surface area contributed by atoms with Crippen LogP contribution in [0.4, 0.5) is 0 Å². The van der Waals surface area contributed by atoms with Crippen molar-refractivity contribution in [3.05, 3.63) is 12.2 Å². The normalized spacial score (nSPS) is 18.1. The van der Waals surface area contributed by atoms with Gasteiger partial charge in [0.1, 0.15) is 24.4 Å². The maximum absolute atomic E-state index is 13.1. The predicted octanol–water partition coefficient (Wildman–Crippen LogP) is 21.0. The van der Waals surface area contributed by atoms with Crippen molar-refractivity contribution >= 4 is 5.91 Å². The van der Waals surface area contributed by atoms with E-state index in [4.69, 9.17) is 9.47 Å². The molecule has 1 aliphatic rings. The summed E-state index contributed by atoms with van der Waals surface area (Å²) in [5.74, 6) is -0.167. The molecule has 1 fully saturated rings. The fraction of sp³-hybridized carbons (Fsp3) is 0.960. The molecule has 0 aromatic rings. The maximum atomic E-state index is 13.1. The minimum atomic E-state index is -1.56. The minimum absolute atomic E-state index is 0.167. The van der Waals surface area contributed by atoms with E-state index in [0.717, 1.165) is 38.5 Å². The molecule has 0 aromatic heterocycles. The van der Waals surface area contributed by atoms with E-state index in [9.17, 15) is 30.3 Å². The lowest BCUT2D eigenvalue weighted by Gasteiger charge is -2.40. The lowest BCUT2D eigenvalue weighted by atomic mass is 9.99. The van der Waals surface area contributed by atoms with Crippen molar-refractivity contribution in [3.8, 4) is 0 Å². The fourth-order valence-electron chi connectivity index (χ4n) is 12.7. The molecule has 9 heteroatoms. The van der Waals surface area contributed by atoms with Gasteiger partial charge in [-0.3, -0.25) is 4.79 Å². The number of unbranched alkanes of at least 4 members (excludes halogenated alkanes) is 58. The number of carbonyl (C=O) groups excluding carboxylic acids is 1. The summed E-state index contributed by atoms with van der Waals surface area (Å²) in [6.07, 6.45) is 77.9. The number of aliphatic hydroxyl groups excluding tert-OH is 5. The summed E-state index contributed by atoms with van der Waals surface area (Å²) in [7, 11) is 0. The van der Waals surface area contributed by atoms with Crippen LogP contribution in [0.25, 0.3) is 0 Å². The molecule has 0 aliphatic carbocycles. The number of amides is 1. The lowest BCUT2D eigenvalue weighted by Crippen LogP contribution is -2.60. The largest absolute Gasteiger partial charge is 0.394 e. The molecule has 1 heterocycles. The van der Waals surface area contributed by atoms with Gasteiger partial charge in [-0.15, -0.1) is 0 Å². The first-order valence-corrected chi connectivity index (χ1v) is 37.9. The zero-order valence-corrected chi connectivity index (χ0v) is 56.2. The fourth-order valence-corrected chi connectivity index (χ4v) is 12.7. The van der Waals surface area contributed by atoms with Crippen molar-refractivity contribution in [2.45, 2.75) is 448 Å². The van der Waals surface area contributed by atoms with E-state index < -0.39 is 49.5 Å². The van der Waals surface area contributed by atoms with Gasteiger partial charge in [0.05, 0.1) is 25.4 Å². The molecule has 84 heavy (non-hydrogen) atoms. The van der Waals surface area contributed by atoms with Gasteiger partial charge in [-0.1, -0.05) is 392 Å². The second-order valence-electron chi connectivity index (χ2n) is 26.8. The third-order valence-electron chi connectivity index (χ3n) is 18.6. The smallest absolute Gasteiger partial charge is 0.220 e. The summed E-state index contributed by atoms with van der Waals surface area (Å²) in [6, 6.07) is -0.802. The van der Waals surface area contributed by atoms with E-state index in [1.807, 2.05) is 6.08 Å². The molecule has 0 radical (unpaired) electrons. The van der Waals surface area contributed by atoms with Gasteiger partial charge in [0, 0.05) is 6.42 Å². The highest BCUT2D eigenvalue weighted by Gasteiger charge is 2.44. The van der Waals surface area contributed by atoms with Crippen molar-refractivity contribution in [1.82, 2.24) is 5.32 Å². The standard InChI is InChI=1S/C75H147NO8/c1-3-5-7-9-11-13-15-17-19-21-23-25-26-27-28-29-30-31-32-33-34-35-36-37-38-39-40-41-42-43-44-45-47-49-51-53-55-57-59-61-63-65-71(79)76-68(67-83-75-74(82)73(81)72(80)70(66-77)84-75)69(78)64-62-60-58-56-54-52-50-48-46-24-22-20-18-16-14-12-10-8-6-4-2/h62,64,68-70,72-75,77-78,80-82H,3-61,63,65-67H2,1-2H3,(H,76,79)/b64-62+. The number of hydrogen-bond donors (Lipinski definition) is 6. The average molecular weight is 1190 g/mol.